The minimum absolute atomic E-state index is 0.107. The number of methoxy groups -OCH3 is 1. The molecule has 0 atom stereocenters. The fraction of sp³-hybridized carbons (Fsp3) is 0.333. The molecule has 2 fully saturated rings. The van der Waals surface area contributed by atoms with Gasteiger partial charge in [-0.2, -0.15) is 0 Å². The van der Waals surface area contributed by atoms with E-state index in [0.717, 1.165) is 45.3 Å². The van der Waals surface area contributed by atoms with Gasteiger partial charge in [-0.1, -0.05) is 0 Å². The SMILES string of the molecule is COc1cc2ncnc(Oc3ccc(NC(=O)C4(C(=O)Nc5ccc(F)cc5)CC4)cc3F)c2cc1OCCCN1CCOCC1. The number of nitrogens with zero attached hydrogens (tertiary/aromatic N) is 3. The Morgan fingerprint density at radius 2 is 1.63 bits per heavy atom. The predicted octanol–water partition coefficient (Wildman–Crippen LogP) is 5.17. The first-order chi connectivity index (χ1) is 22.3. The van der Waals surface area contributed by atoms with Gasteiger partial charge in [-0.3, -0.25) is 14.5 Å². The van der Waals surface area contributed by atoms with Crippen LogP contribution in [0.5, 0.6) is 23.1 Å². The summed E-state index contributed by atoms with van der Waals surface area (Å²) >= 11 is 0. The first kappa shape index (κ1) is 31.1. The van der Waals surface area contributed by atoms with Crippen molar-refractivity contribution in [2.75, 3.05) is 57.2 Å². The van der Waals surface area contributed by atoms with Crippen LogP contribution in [0.2, 0.25) is 0 Å². The van der Waals surface area contributed by atoms with Gasteiger partial charge in [0.25, 0.3) is 0 Å². The molecule has 4 aromatic rings. The molecule has 240 valence electrons. The standard InChI is InChI=1S/C33H33F2N5O6/c1-43-28-19-26-24(18-29(28)45-14-2-11-40-12-15-44-16-13-40)30(37-20-36-26)46-27-8-7-23(17-25(27)35)39-32(42)33(9-10-33)31(41)38-22-5-3-21(34)4-6-22/h3-8,17-20H,2,9-16H2,1H3,(H,38,41)(H,39,42). The van der Waals surface area contributed by atoms with E-state index in [0.29, 0.717) is 47.5 Å². The highest BCUT2D eigenvalue weighted by atomic mass is 19.1. The van der Waals surface area contributed by atoms with Gasteiger partial charge in [0.15, 0.2) is 23.1 Å². The van der Waals surface area contributed by atoms with E-state index in [1.165, 1.54) is 42.7 Å². The van der Waals surface area contributed by atoms with E-state index in [1.807, 2.05) is 0 Å². The summed E-state index contributed by atoms with van der Waals surface area (Å²) in [4.78, 5) is 36.7. The molecule has 2 aliphatic rings. The highest BCUT2D eigenvalue weighted by molar-refractivity contribution is 6.16. The number of nitrogens with one attached hydrogen (secondary N) is 2. The molecular formula is C33H33F2N5O6. The molecule has 1 saturated carbocycles. The van der Waals surface area contributed by atoms with Crippen LogP contribution in [-0.4, -0.2) is 73.2 Å². The number of rotatable bonds is 12. The van der Waals surface area contributed by atoms with E-state index >= 15 is 4.39 Å². The zero-order chi connectivity index (χ0) is 32.1. The summed E-state index contributed by atoms with van der Waals surface area (Å²) in [6.45, 7) is 4.62. The molecule has 11 nitrogen and oxygen atoms in total. The molecule has 6 rings (SSSR count). The summed E-state index contributed by atoms with van der Waals surface area (Å²) in [5.41, 5.74) is -0.249. The summed E-state index contributed by atoms with van der Waals surface area (Å²) in [5, 5.41) is 5.76. The van der Waals surface area contributed by atoms with Gasteiger partial charge in [-0.25, -0.2) is 18.7 Å². The van der Waals surface area contributed by atoms with Gasteiger partial charge in [0.05, 0.1) is 37.8 Å². The number of carbonyl (C=O) groups is 2. The maximum absolute atomic E-state index is 15.2. The molecular weight excluding hydrogens is 600 g/mol. The van der Waals surface area contributed by atoms with Crippen molar-refractivity contribution < 1.29 is 37.3 Å². The molecule has 3 aromatic carbocycles. The molecule has 1 aromatic heterocycles. The van der Waals surface area contributed by atoms with Gasteiger partial charge in [0.1, 0.15) is 17.6 Å². The number of hydrogen-bond donors (Lipinski definition) is 2. The quantitative estimate of drug-likeness (QED) is 0.161. The maximum Gasteiger partial charge on any atom is 0.240 e. The molecule has 13 heteroatoms. The number of ether oxygens (including phenoxy) is 4. The van der Waals surface area contributed by atoms with Crippen LogP contribution in [0.3, 0.4) is 0 Å². The molecule has 1 aliphatic carbocycles. The zero-order valence-electron chi connectivity index (χ0n) is 25.2. The highest BCUT2D eigenvalue weighted by Crippen LogP contribution is 2.47. The lowest BCUT2D eigenvalue weighted by Gasteiger charge is -2.26. The van der Waals surface area contributed by atoms with Crippen LogP contribution in [0.15, 0.2) is 60.9 Å². The number of hydrogen-bond acceptors (Lipinski definition) is 9. The lowest BCUT2D eigenvalue weighted by atomic mass is 10.0. The van der Waals surface area contributed by atoms with E-state index in [4.69, 9.17) is 18.9 Å². The van der Waals surface area contributed by atoms with Crippen LogP contribution in [0, 0.1) is 17.0 Å². The monoisotopic (exact) mass is 633 g/mol. The van der Waals surface area contributed by atoms with Crippen molar-refractivity contribution in [2.24, 2.45) is 5.41 Å². The topological polar surface area (TPSA) is 124 Å². The third-order valence-corrected chi connectivity index (χ3v) is 7.98. The summed E-state index contributed by atoms with van der Waals surface area (Å²) in [6, 6.07) is 12.6. The van der Waals surface area contributed by atoms with Crippen molar-refractivity contribution in [2.45, 2.75) is 19.3 Å². The fourth-order valence-corrected chi connectivity index (χ4v) is 5.17. The maximum atomic E-state index is 15.2. The fourth-order valence-electron chi connectivity index (χ4n) is 5.17. The number of anilines is 2. The van der Waals surface area contributed by atoms with Crippen LogP contribution in [0.1, 0.15) is 19.3 Å². The summed E-state index contributed by atoms with van der Waals surface area (Å²) in [7, 11) is 1.54. The van der Waals surface area contributed by atoms with Crippen LogP contribution < -0.4 is 24.8 Å². The van der Waals surface area contributed by atoms with Gasteiger partial charge in [0, 0.05) is 43.1 Å². The Bertz CT molecular complexity index is 1730. The molecule has 1 aliphatic heterocycles. The Morgan fingerprint density at radius 1 is 0.913 bits per heavy atom. The smallest absolute Gasteiger partial charge is 0.240 e. The molecule has 1 saturated heterocycles. The minimum atomic E-state index is -1.29. The number of benzene rings is 3. The van der Waals surface area contributed by atoms with Gasteiger partial charge in [0.2, 0.25) is 17.7 Å². The Morgan fingerprint density at radius 3 is 2.33 bits per heavy atom. The highest BCUT2D eigenvalue weighted by Gasteiger charge is 2.56. The number of carbonyl (C=O) groups excluding carboxylic acids is 2. The lowest BCUT2D eigenvalue weighted by molar-refractivity contribution is -0.131. The van der Waals surface area contributed by atoms with E-state index in [-0.39, 0.29) is 17.3 Å². The molecule has 2 N–H and O–H groups in total. The van der Waals surface area contributed by atoms with Gasteiger partial charge in [-0.05, 0) is 61.7 Å². The third kappa shape index (κ3) is 7.00. The van der Waals surface area contributed by atoms with Gasteiger partial charge < -0.3 is 29.6 Å². The Kier molecular flexibility index (Phi) is 9.22. The second-order valence-corrected chi connectivity index (χ2v) is 11.1. The summed E-state index contributed by atoms with van der Waals surface area (Å²) in [6.07, 6.45) is 2.78. The van der Waals surface area contributed by atoms with Crippen molar-refractivity contribution in [3.63, 3.8) is 0 Å². The van der Waals surface area contributed by atoms with Gasteiger partial charge in [-0.15, -0.1) is 0 Å². The zero-order valence-corrected chi connectivity index (χ0v) is 25.2. The second-order valence-electron chi connectivity index (χ2n) is 11.1. The molecule has 0 spiro atoms. The normalized spacial score (nSPS) is 15.6. The van der Waals surface area contributed by atoms with E-state index in [9.17, 15) is 14.0 Å². The average Bonchev–Trinajstić information content (AvgIpc) is 3.88. The molecule has 0 bridgehead atoms. The lowest BCUT2D eigenvalue weighted by Crippen LogP contribution is -2.37. The van der Waals surface area contributed by atoms with E-state index in [1.54, 1.807) is 19.2 Å². The predicted molar refractivity (Wildman–Crippen MR) is 165 cm³/mol. The van der Waals surface area contributed by atoms with Crippen molar-refractivity contribution in [1.82, 2.24) is 14.9 Å². The third-order valence-electron chi connectivity index (χ3n) is 7.98. The van der Waals surface area contributed by atoms with Crippen LogP contribution in [-0.2, 0) is 14.3 Å². The Balaban J connectivity index is 1.12. The first-order valence-corrected chi connectivity index (χ1v) is 15.0. The second kappa shape index (κ2) is 13.6. The molecule has 0 radical (unpaired) electrons. The van der Waals surface area contributed by atoms with Crippen LogP contribution >= 0.6 is 0 Å². The Hall–Kier alpha value is -4.88. The number of amides is 2. The van der Waals surface area contributed by atoms with Crippen LogP contribution in [0.25, 0.3) is 10.9 Å². The van der Waals surface area contributed by atoms with Crippen molar-refractivity contribution in [3.05, 3.63) is 72.6 Å². The first-order valence-electron chi connectivity index (χ1n) is 15.0. The molecule has 2 heterocycles. The minimum Gasteiger partial charge on any atom is -0.493 e. The molecule has 0 unspecified atom stereocenters. The summed E-state index contributed by atoms with van der Waals surface area (Å²) < 4.78 is 51.3. The van der Waals surface area contributed by atoms with E-state index in [2.05, 4.69) is 25.5 Å². The van der Waals surface area contributed by atoms with Crippen molar-refractivity contribution in [3.8, 4) is 23.1 Å². The van der Waals surface area contributed by atoms with Crippen LogP contribution in [0.4, 0.5) is 20.2 Å². The molecule has 46 heavy (non-hydrogen) atoms. The number of aromatic nitrogens is 2. The summed E-state index contributed by atoms with van der Waals surface area (Å²) in [5.74, 6) is -1.31. The average molecular weight is 634 g/mol. The number of morpholine rings is 1. The van der Waals surface area contributed by atoms with E-state index < -0.39 is 28.9 Å². The van der Waals surface area contributed by atoms with Crippen molar-refractivity contribution in [1.29, 1.82) is 0 Å². The number of halogens is 2. The molecule has 2 amide bonds. The number of fused-ring (bicyclic) bond motifs is 1. The largest absolute Gasteiger partial charge is 0.493 e. The van der Waals surface area contributed by atoms with Crippen molar-refractivity contribution >= 4 is 34.1 Å². The Labute approximate surface area is 263 Å². The van der Waals surface area contributed by atoms with Gasteiger partial charge >= 0.3 is 0 Å².